The Morgan fingerprint density at radius 3 is 2.52 bits per heavy atom. The molecule has 1 atom stereocenters. The van der Waals surface area contributed by atoms with Crippen molar-refractivity contribution in [3.05, 3.63) is 58.6 Å². The number of nitrogens with one attached hydrogen (secondary N) is 1. The molecule has 0 radical (unpaired) electrons. The van der Waals surface area contributed by atoms with Crippen molar-refractivity contribution in [2.24, 2.45) is 0 Å². The molecule has 1 aliphatic rings. The summed E-state index contributed by atoms with van der Waals surface area (Å²) < 4.78 is 55.2. The first-order valence-electron chi connectivity index (χ1n) is 7.27. The Kier molecular flexibility index (Phi) is 4.80. The van der Waals surface area contributed by atoms with Gasteiger partial charge in [-0.3, -0.25) is 0 Å². The topological polar surface area (TPSA) is 49.4 Å². The average Bonchev–Trinajstić information content (AvgIpc) is 2.60. The van der Waals surface area contributed by atoms with E-state index in [0.29, 0.717) is 0 Å². The van der Waals surface area contributed by atoms with Crippen molar-refractivity contribution in [2.45, 2.75) is 24.4 Å². The van der Waals surface area contributed by atoms with Gasteiger partial charge in [-0.15, -0.1) is 0 Å². The van der Waals surface area contributed by atoms with E-state index in [4.69, 9.17) is 23.8 Å². The highest BCUT2D eigenvalue weighted by molar-refractivity contribution is 7.89. The van der Waals surface area contributed by atoms with E-state index in [1.165, 1.54) is 24.3 Å². The molecule has 1 N–H and O–H groups in total. The quantitative estimate of drug-likeness (QED) is 0.773. The van der Waals surface area contributed by atoms with Gasteiger partial charge < -0.3 is 5.32 Å². The van der Waals surface area contributed by atoms with E-state index >= 15 is 0 Å². The molecule has 0 aliphatic carbocycles. The van der Waals surface area contributed by atoms with Crippen LogP contribution in [0.2, 0.25) is 5.02 Å². The molecule has 4 nitrogen and oxygen atoms in total. The minimum Gasteiger partial charge on any atom is -0.348 e. The second-order valence-corrected chi connectivity index (χ2v) is 8.29. The summed E-state index contributed by atoms with van der Waals surface area (Å²) >= 11 is 11.2. The van der Waals surface area contributed by atoms with Crippen LogP contribution in [0.1, 0.15) is 12.5 Å². The minimum atomic E-state index is -4.09. The lowest BCUT2D eigenvalue weighted by molar-refractivity contribution is 0.374. The molecule has 132 valence electrons. The highest BCUT2D eigenvalue weighted by Crippen LogP contribution is 2.33. The summed E-state index contributed by atoms with van der Waals surface area (Å²) in [6, 6.07) is 6.89. The fraction of sp³-hybridized carbons (Fsp3) is 0.188. The van der Waals surface area contributed by atoms with Crippen LogP contribution in [0, 0.1) is 11.6 Å². The Bertz CT molecular complexity index is 946. The van der Waals surface area contributed by atoms with Gasteiger partial charge in [0, 0.05) is 17.1 Å². The third-order valence-corrected chi connectivity index (χ3v) is 6.61. The van der Waals surface area contributed by atoms with Gasteiger partial charge in [0.25, 0.3) is 0 Å². The van der Waals surface area contributed by atoms with Crippen LogP contribution in [0.25, 0.3) is 0 Å². The molecular weight excluding hydrogens is 390 g/mol. The van der Waals surface area contributed by atoms with Gasteiger partial charge in [-0.2, -0.15) is 4.31 Å². The summed E-state index contributed by atoms with van der Waals surface area (Å²) in [5.74, 6) is -1.64. The smallest absolute Gasteiger partial charge is 0.246 e. The average molecular weight is 403 g/mol. The lowest BCUT2D eigenvalue weighted by atomic mass is 10.2. The van der Waals surface area contributed by atoms with Crippen LogP contribution in [-0.2, 0) is 16.6 Å². The third-order valence-electron chi connectivity index (χ3n) is 3.98. The third kappa shape index (κ3) is 3.27. The standard InChI is InChI=1S/C16H13ClF2N2O2S2/c1-9-16(24)20-14-6-5-10(17)7-15(14)25(22,23)21(9)8-11-12(18)3-2-4-13(11)19/h2-7,9H,8H2,1H3,(H,20,24). The van der Waals surface area contributed by atoms with E-state index in [0.717, 1.165) is 16.4 Å². The van der Waals surface area contributed by atoms with E-state index in [-0.39, 0.29) is 26.2 Å². The zero-order valence-electron chi connectivity index (χ0n) is 13.0. The Morgan fingerprint density at radius 2 is 1.88 bits per heavy atom. The lowest BCUT2D eigenvalue weighted by Gasteiger charge is -2.26. The van der Waals surface area contributed by atoms with E-state index in [1.54, 1.807) is 6.92 Å². The summed E-state index contributed by atoms with van der Waals surface area (Å²) in [6.07, 6.45) is 0. The highest BCUT2D eigenvalue weighted by atomic mass is 35.5. The van der Waals surface area contributed by atoms with Crippen LogP contribution in [0.4, 0.5) is 14.5 Å². The van der Waals surface area contributed by atoms with Gasteiger partial charge >= 0.3 is 0 Å². The fourth-order valence-corrected chi connectivity index (χ4v) is 4.86. The Morgan fingerprint density at radius 1 is 1.24 bits per heavy atom. The van der Waals surface area contributed by atoms with Gasteiger partial charge in [0.15, 0.2) is 0 Å². The summed E-state index contributed by atoms with van der Waals surface area (Å²) in [5, 5.41) is 3.09. The number of hydrogen-bond donors (Lipinski definition) is 1. The number of anilines is 1. The van der Waals surface area contributed by atoms with Crippen LogP contribution in [0.5, 0.6) is 0 Å². The van der Waals surface area contributed by atoms with E-state index < -0.39 is 34.2 Å². The van der Waals surface area contributed by atoms with Crippen molar-refractivity contribution < 1.29 is 17.2 Å². The van der Waals surface area contributed by atoms with Crippen LogP contribution >= 0.6 is 23.8 Å². The molecule has 25 heavy (non-hydrogen) atoms. The summed E-state index contributed by atoms with van der Waals surface area (Å²) in [5.41, 5.74) is -0.0658. The first-order valence-corrected chi connectivity index (χ1v) is 9.49. The molecule has 0 saturated heterocycles. The maximum atomic E-state index is 14.0. The fourth-order valence-electron chi connectivity index (χ4n) is 2.58. The summed E-state index contributed by atoms with van der Waals surface area (Å²) in [6.45, 7) is 1.06. The molecule has 0 amide bonds. The van der Waals surface area contributed by atoms with Crippen molar-refractivity contribution in [1.29, 1.82) is 0 Å². The maximum Gasteiger partial charge on any atom is 0.246 e. The molecule has 1 aliphatic heterocycles. The zero-order valence-corrected chi connectivity index (χ0v) is 15.4. The van der Waals surface area contributed by atoms with Crippen molar-refractivity contribution in [3.8, 4) is 0 Å². The predicted octanol–water partition coefficient (Wildman–Crippen LogP) is 3.95. The van der Waals surface area contributed by atoms with Crippen molar-refractivity contribution in [1.82, 2.24) is 4.31 Å². The number of thiocarbonyl (C=S) groups is 1. The van der Waals surface area contributed by atoms with Gasteiger partial charge in [-0.05, 0) is 37.3 Å². The molecule has 1 unspecified atom stereocenters. The van der Waals surface area contributed by atoms with Gasteiger partial charge in [-0.25, -0.2) is 17.2 Å². The second kappa shape index (κ2) is 6.60. The Hall–Kier alpha value is -1.61. The van der Waals surface area contributed by atoms with Crippen LogP contribution in [0.3, 0.4) is 0 Å². The molecule has 0 bridgehead atoms. The van der Waals surface area contributed by atoms with Gasteiger partial charge in [0.05, 0.1) is 16.7 Å². The SMILES string of the molecule is CC1C(=S)Nc2ccc(Cl)cc2S(=O)(=O)N1Cc1c(F)cccc1F. The maximum absolute atomic E-state index is 14.0. The van der Waals surface area contributed by atoms with Gasteiger partial charge in [0.1, 0.15) is 16.5 Å². The Labute approximate surface area is 154 Å². The number of rotatable bonds is 2. The first-order chi connectivity index (χ1) is 11.7. The van der Waals surface area contributed by atoms with Crippen molar-refractivity contribution >= 4 is 44.5 Å². The number of benzene rings is 2. The predicted molar refractivity (Wildman–Crippen MR) is 96.2 cm³/mol. The van der Waals surface area contributed by atoms with Crippen molar-refractivity contribution in [3.63, 3.8) is 0 Å². The Balaban J connectivity index is 2.16. The number of fused-ring (bicyclic) bond motifs is 1. The summed E-state index contributed by atoms with van der Waals surface area (Å²) in [7, 11) is -4.09. The van der Waals surface area contributed by atoms with E-state index in [9.17, 15) is 17.2 Å². The largest absolute Gasteiger partial charge is 0.348 e. The molecule has 0 fully saturated rings. The summed E-state index contributed by atoms with van der Waals surface area (Å²) in [4.78, 5) is 0.129. The number of hydrogen-bond acceptors (Lipinski definition) is 3. The molecular formula is C16H13ClF2N2O2S2. The molecule has 3 rings (SSSR count). The minimum absolute atomic E-state index is 0.0940. The number of sulfonamides is 1. The molecule has 0 saturated carbocycles. The second-order valence-electron chi connectivity index (χ2n) is 5.56. The van der Waals surface area contributed by atoms with Crippen LogP contribution in [-0.4, -0.2) is 23.8 Å². The number of halogens is 3. The number of nitrogens with zero attached hydrogens (tertiary/aromatic N) is 1. The van der Waals surface area contributed by atoms with E-state index in [1.807, 2.05) is 0 Å². The molecule has 2 aromatic rings. The monoisotopic (exact) mass is 402 g/mol. The van der Waals surface area contributed by atoms with Crippen LogP contribution in [0.15, 0.2) is 41.3 Å². The zero-order chi connectivity index (χ0) is 18.4. The first kappa shape index (κ1) is 18.2. The highest BCUT2D eigenvalue weighted by Gasteiger charge is 2.37. The normalized spacial score (nSPS) is 19.8. The molecule has 1 heterocycles. The molecule has 2 aromatic carbocycles. The molecule has 0 spiro atoms. The van der Waals surface area contributed by atoms with Crippen LogP contribution < -0.4 is 5.32 Å². The van der Waals surface area contributed by atoms with Crippen molar-refractivity contribution in [2.75, 3.05) is 5.32 Å². The van der Waals surface area contributed by atoms with Gasteiger partial charge in [-0.1, -0.05) is 29.9 Å². The van der Waals surface area contributed by atoms with E-state index in [2.05, 4.69) is 5.32 Å². The molecule has 0 aromatic heterocycles. The molecule has 9 heteroatoms. The van der Waals surface area contributed by atoms with Gasteiger partial charge in [0.2, 0.25) is 10.0 Å². The lowest BCUT2D eigenvalue weighted by Crippen LogP contribution is -2.42.